The van der Waals surface area contributed by atoms with Crippen LogP contribution in [0.2, 0.25) is 0 Å². The summed E-state index contributed by atoms with van der Waals surface area (Å²) in [5.41, 5.74) is -1.13. The van der Waals surface area contributed by atoms with Gasteiger partial charge >= 0.3 is 5.97 Å². The molecule has 2 heterocycles. The van der Waals surface area contributed by atoms with E-state index in [9.17, 15) is 14.3 Å². The van der Waals surface area contributed by atoms with Crippen molar-refractivity contribution in [2.45, 2.75) is 30.7 Å². The number of carboxylic acid groups (broad SMARTS) is 1. The fraction of sp³-hybridized carbons (Fsp3) is 0.875. The highest BCUT2D eigenvalue weighted by Gasteiger charge is 2.56. The van der Waals surface area contributed by atoms with Gasteiger partial charge < -0.3 is 10.2 Å². The second kappa shape index (κ2) is 2.65. The lowest BCUT2D eigenvalue weighted by atomic mass is 9.93. The van der Waals surface area contributed by atoms with E-state index in [1.54, 1.807) is 4.90 Å². The zero-order valence-corrected chi connectivity index (χ0v) is 7.11. The smallest absolute Gasteiger partial charge is 0.324 e. The van der Waals surface area contributed by atoms with Gasteiger partial charge in [-0.1, -0.05) is 0 Å². The van der Waals surface area contributed by atoms with Crippen LogP contribution in [-0.4, -0.2) is 52.0 Å². The van der Waals surface area contributed by atoms with Gasteiger partial charge in [0.15, 0.2) is 0 Å². The van der Waals surface area contributed by atoms with Crippen molar-refractivity contribution < 1.29 is 19.4 Å². The molecule has 13 heavy (non-hydrogen) atoms. The van der Waals surface area contributed by atoms with E-state index in [1.165, 1.54) is 0 Å². The summed E-state index contributed by atoms with van der Waals surface area (Å²) >= 11 is 0. The van der Waals surface area contributed by atoms with E-state index in [1.807, 2.05) is 0 Å². The van der Waals surface area contributed by atoms with Crippen LogP contribution in [0, 0.1) is 0 Å². The zero-order chi connectivity index (χ0) is 9.64. The van der Waals surface area contributed by atoms with Gasteiger partial charge in [-0.05, 0) is 0 Å². The van der Waals surface area contributed by atoms with Crippen LogP contribution in [0.15, 0.2) is 0 Å². The lowest BCUT2D eigenvalue weighted by molar-refractivity contribution is -0.148. The molecule has 0 aromatic carbocycles. The fourth-order valence-corrected chi connectivity index (χ4v) is 2.45. The van der Waals surface area contributed by atoms with Crippen molar-refractivity contribution in [3.05, 3.63) is 0 Å². The number of aliphatic carboxylic acids is 1. The third-order valence-electron chi connectivity index (χ3n) is 2.99. The lowest BCUT2D eigenvalue weighted by Gasteiger charge is -2.25. The van der Waals surface area contributed by atoms with Crippen molar-refractivity contribution in [3.8, 4) is 0 Å². The van der Waals surface area contributed by atoms with Crippen molar-refractivity contribution >= 4 is 5.97 Å². The Bertz CT molecular complexity index is 232. The first kappa shape index (κ1) is 8.90. The maximum Gasteiger partial charge on any atom is 0.324 e. The van der Waals surface area contributed by atoms with Gasteiger partial charge in [0.1, 0.15) is 11.7 Å². The van der Waals surface area contributed by atoms with E-state index in [-0.39, 0.29) is 25.9 Å². The van der Waals surface area contributed by atoms with E-state index < -0.39 is 23.8 Å². The third-order valence-corrected chi connectivity index (χ3v) is 2.99. The average Bonchev–Trinajstić information content (AvgIpc) is 2.40. The number of aliphatic hydroxyl groups is 1. The predicted molar refractivity (Wildman–Crippen MR) is 42.1 cm³/mol. The molecule has 5 heteroatoms. The molecule has 0 aliphatic carbocycles. The molecule has 0 saturated carbocycles. The number of carbonyl (C=O) groups is 1. The molecule has 2 fully saturated rings. The van der Waals surface area contributed by atoms with Gasteiger partial charge in [0.25, 0.3) is 0 Å². The largest absolute Gasteiger partial charge is 0.480 e. The summed E-state index contributed by atoms with van der Waals surface area (Å²) < 4.78 is 13.0. The molecule has 74 valence electrons. The van der Waals surface area contributed by atoms with Crippen LogP contribution in [-0.2, 0) is 4.79 Å². The van der Waals surface area contributed by atoms with Crippen LogP contribution in [0.5, 0.6) is 0 Å². The maximum atomic E-state index is 13.0. The SMILES string of the molecule is O=C(O)[C@@]12CC(O)CN1C[C@@H](F)C2. The Hall–Kier alpha value is -0.680. The quantitative estimate of drug-likeness (QED) is 0.590. The number of β-amino-alcohol motifs (C(OH)–C–C–N with tert-alkyl or cyclic N) is 1. The minimum Gasteiger partial charge on any atom is -0.480 e. The van der Waals surface area contributed by atoms with Crippen LogP contribution in [0.4, 0.5) is 4.39 Å². The van der Waals surface area contributed by atoms with Crippen LogP contribution in [0.25, 0.3) is 0 Å². The van der Waals surface area contributed by atoms with Crippen LogP contribution >= 0.6 is 0 Å². The minimum atomic E-state index is -1.13. The lowest BCUT2D eigenvalue weighted by Crippen LogP contribution is -2.45. The first-order valence-corrected chi connectivity index (χ1v) is 4.35. The number of fused-ring (bicyclic) bond motifs is 1. The summed E-state index contributed by atoms with van der Waals surface area (Å²) in [6.45, 7) is 0.427. The van der Waals surface area contributed by atoms with Gasteiger partial charge in [0.05, 0.1) is 6.10 Å². The molecular formula is C8H12FNO3. The first-order valence-electron chi connectivity index (χ1n) is 4.35. The number of hydrogen-bond donors (Lipinski definition) is 2. The summed E-state index contributed by atoms with van der Waals surface area (Å²) in [6.07, 6.45) is -1.52. The number of halogens is 1. The van der Waals surface area contributed by atoms with E-state index in [0.29, 0.717) is 0 Å². The van der Waals surface area contributed by atoms with Gasteiger partial charge in [0, 0.05) is 25.9 Å². The predicted octanol–water partition coefficient (Wildman–Crippen LogP) is -0.382. The molecule has 1 unspecified atom stereocenters. The van der Waals surface area contributed by atoms with Crippen molar-refractivity contribution in [1.82, 2.24) is 4.90 Å². The summed E-state index contributed by atoms with van der Waals surface area (Å²) in [6, 6.07) is 0. The zero-order valence-electron chi connectivity index (χ0n) is 7.11. The number of hydrogen-bond acceptors (Lipinski definition) is 3. The Morgan fingerprint density at radius 2 is 2.15 bits per heavy atom. The molecule has 0 bridgehead atoms. The van der Waals surface area contributed by atoms with E-state index in [0.717, 1.165) is 0 Å². The Labute approximate surface area is 75.0 Å². The molecule has 2 N–H and O–H groups in total. The standard InChI is InChI=1S/C8H12FNO3/c9-5-1-8(7(12)13)2-6(11)4-10(8)3-5/h5-6,11H,1-4H2,(H,12,13)/t5-,6?,8+/m0/s1. The number of nitrogens with zero attached hydrogens (tertiary/aromatic N) is 1. The van der Waals surface area contributed by atoms with Crippen LogP contribution in [0.1, 0.15) is 12.8 Å². The van der Waals surface area contributed by atoms with Gasteiger partial charge in [0.2, 0.25) is 0 Å². The minimum absolute atomic E-state index is 0.0133. The van der Waals surface area contributed by atoms with E-state index >= 15 is 0 Å². The highest BCUT2D eigenvalue weighted by atomic mass is 19.1. The van der Waals surface area contributed by atoms with E-state index in [2.05, 4.69) is 0 Å². The van der Waals surface area contributed by atoms with Crippen molar-refractivity contribution in [2.75, 3.05) is 13.1 Å². The molecule has 2 aliphatic rings. The molecule has 0 radical (unpaired) electrons. The fourth-order valence-electron chi connectivity index (χ4n) is 2.45. The molecule has 2 saturated heterocycles. The Morgan fingerprint density at radius 3 is 2.69 bits per heavy atom. The molecule has 2 rings (SSSR count). The molecule has 4 nitrogen and oxygen atoms in total. The van der Waals surface area contributed by atoms with Gasteiger partial charge in [-0.15, -0.1) is 0 Å². The summed E-state index contributed by atoms with van der Waals surface area (Å²) in [7, 11) is 0. The molecule has 0 aromatic rings. The van der Waals surface area contributed by atoms with Gasteiger partial charge in [-0.2, -0.15) is 0 Å². The normalized spacial score (nSPS) is 45.1. The van der Waals surface area contributed by atoms with Gasteiger partial charge in [-0.3, -0.25) is 9.69 Å². The highest BCUT2D eigenvalue weighted by molar-refractivity contribution is 5.80. The first-order chi connectivity index (χ1) is 6.04. The molecule has 0 amide bonds. The summed E-state index contributed by atoms with van der Waals surface area (Å²) in [5.74, 6) is -1.01. The van der Waals surface area contributed by atoms with Gasteiger partial charge in [-0.25, -0.2) is 4.39 Å². The highest BCUT2D eigenvalue weighted by Crippen LogP contribution is 2.40. The topological polar surface area (TPSA) is 60.8 Å². The second-order valence-corrected chi connectivity index (χ2v) is 3.90. The van der Waals surface area contributed by atoms with Crippen LogP contribution < -0.4 is 0 Å². The Balaban J connectivity index is 2.26. The number of carboxylic acids is 1. The summed E-state index contributed by atoms with van der Waals surface area (Å²) in [5, 5.41) is 18.3. The number of alkyl halides is 1. The average molecular weight is 189 g/mol. The second-order valence-electron chi connectivity index (χ2n) is 3.90. The number of aliphatic hydroxyl groups excluding tert-OH is 1. The van der Waals surface area contributed by atoms with Crippen molar-refractivity contribution in [3.63, 3.8) is 0 Å². The molecule has 0 aromatic heterocycles. The van der Waals surface area contributed by atoms with E-state index in [4.69, 9.17) is 5.11 Å². The van der Waals surface area contributed by atoms with Crippen molar-refractivity contribution in [2.24, 2.45) is 0 Å². The number of rotatable bonds is 1. The molecule has 3 atom stereocenters. The maximum absolute atomic E-state index is 13.0. The summed E-state index contributed by atoms with van der Waals surface area (Å²) in [4.78, 5) is 12.5. The Kier molecular flexibility index (Phi) is 1.82. The third kappa shape index (κ3) is 1.14. The van der Waals surface area contributed by atoms with Crippen molar-refractivity contribution in [1.29, 1.82) is 0 Å². The molecule has 2 aliphatic heterocycles. The monoisotopic (exact) mass is 189 g/mol. The molecule has 0 spiro atoms. The molecular weight excluding hydrogens is 177 g/mol. The van der Waals surface area contributed by atoms with Crippen LogP contribution in [0.3, 0.4) is 0 Å². The Morgan fingerprint density at radius 1 is 1.46 bits per heavy atom.